The Balaban J connectivity index is 1.40. The molecule has 3 aliphatic rings. The summed E-state index contributed by atoms with van der Waals surface area (Å²) in [6, 6.07) is 6.06. The lowest BCUT2D eigenvalue weighted by Crippen LogP contribution is -2.61. The van der Waals surface area contributed by atoms with E-state index in [1.807, 2.05) is 64.2 Å². The molecule has 1 amide bonds. The average molecular weight is 846 g/mol. The van der Waals surface area contributed by atoms with Crippen molar-refractivity contribution in [2.45, 2.75) is 160 Å². The van der Waals surface area contributed by atoms with Gasteiger partial charge in [0.1, 0.15) is 17.9 Å². The van der Waals surface area contributed by atoms with Gasteiger partial charge in [0, 0.05) is 49.5 Å². The molecule has 2 aromatic rings. The Morgan fingerprint density at radius 2 is 1.80 bits per heavy atom. The second-order valence-corrected chi connectivity index (χ2v) is 18.0. The summed E-state index contributed by atoms with van der Waals surface area (Å²) < 4.78 is 49.6. The van der Waals surface area contributed by atoms with Gasteiger partial charge in [-0.2, -0.15) is 0 Å². The van der Waals surface area contributed by atoms with Crippen LogP contribution in [0.15, 0.2) is 30.5 Å². The Bertz CT molecular complexity index is 1800. The highest BCUT2D eigenvalue weighted by atomic mass is 19.1. The molecule has 5 rings (SSSR count). The number of unbranched alkanes of at least 4 members (excludes halogenated alkanes) is 1. The number of halogens is 1. The fourth-order valence-electron chi connectivity index (χ4n) is 9.46. The highest BCUT2D eigenvalue weighted by Gasteiger charge is 2.60. The van der Waals surface area contributed by atoms with E-state index in [-0.39, 0.29) is 24.5 Å². The number of carbonyl (C=O) groups excluding carboxylic acids is 3. The van der Waals surface area contributed by atoms with Crippen molar-refractivity contribution < 1.29 is 47.6 Å². The van der Waals surface area contributed by atoms with Crippen molar-refractivity contribution in [3.05, 3.63) is 30.5 Å². The van der Waals surface area contributed by atoms with Crippen LogP contribution in [0.5, 0.6) is 0 Å². The van der Waals surface area contributed by atoms with Crippen molar-refractivity contribution in [1.82, 2.24) is 30.1 Å². The third-order valence-corrected chi connectivity index (χ3v) is 12.8. The minimum Gasteiger partial charge on any atom is -0.455 e. The molecule has 3 aliphatic heterocycles. The van der Waals surface area contributed by atoms with Crippen LogP contribution in [0, 0.1) is 11.8 Å². The van der Waals surface area contributed by atoms with Crippen LogP contribution >= 0.6 is 0 Å². The summed E-state index contributed by atoms with van der Waals surface area (Å²) in [7, 11) is 5.20. The van der Waals surface area contributed by atoms with Crippen LogP contribution in [0.2, 0.25) is 0 Å². The lowest BCUT2D eigenvalue weighted by atomic mass is 9.78. The van der Waals surface area contributed by atoms with Gasteiger partial charge in [0.05, 0.1) is 30.0 Å². The Morgan fingerprint density at radius 1 is 1.10 bits per heavy atom. The molecule has 3 unspecified atom stereocenters. The third kappa shape index (κ3) is 9.97. The van der Waals surface area contributed by atoms with Crippen LogP contribution in [0.4, 0.5) is 14.9 Å². The average Bonchev–Trinajstić information content (AvgIpc) is 3.77. The van der Waals surface area contributed by atoms with E-state index in [0.717, 1.165) is 12.5 Å². The number of Topliss-reactive ketones (excluding diaryl/α,β-unsaturated/α-hetero) is 1. The molecule has 0 bridgehead atoms. The van der Waals surface area contributed by atoms with E-state index in [1.54, 1.807) is 36.4 Å². The highest BCUT2D eigenvalue weighted by molar-refractivity contribution is 6.07. The standard InChI is InChI=1S/C43H68FN7O9/c1-12-33-43(8)35(51(40(55)60-43)19-14-13-18-50-24-31(47-48-50)29-16-15-17-30(45)21-29)28(5)46-23-25(2)22-41(6,56-11)37(27(4)36(53)42(7,44)39(54)58-33)59-38-34(52)32(49(9)10)20-26(3)57-38/h15-17,21,24-28,32-35,37-38,46,52H,12-14,18-20,22-23,45H2,1-11H3/t25-,26?,27-,28-,32?,33-,34?,35-,37-,38+,41-,42-,43-/m1/s1. The van der Waals surface area contributed by atoms with Gasteiger partial charge in [-0.1, -0.05) is 38.1 Å². The number of rotatable bonds is 11. The number of anilines is 1. The summed E-state index contributed by atoms with van der Waals surface area (Å²) in [5.74, 6) is -3.86. The fourth-order valence-corrected chi connectivity index (χ4v) is 9.46. The Kier molecular flexibility index (Phi) is 15.1. The molecule has 1 aromatic heterocycles. The van der Waals surface area contributed by atoms with Crippen LogP contribution in [0.1, 0.15) is 87.5 Å². The van der Waals surface area contributed by atoms with Crippen molar-refractivity contribution >= 4 is 23.5 Å². The van der Waals surface area contributed by atoms with Gasteiger partial charge >= 0.3 is 12.1 Å². The number of esters is 1. The summed E-state index contributed by atoms with van der Waals surface area (Å²) in [5.41, 5.74) is 2.37. The number of carbonyl (C=O) groups is 3. The van der Waals surface area contributed by atoms with Crippen LogP contribution in [0.25, 0.3) is 11.3 Å². The van der Waals surface area contributed by atoms with Gasteiger partial charge in [0.2, 0.25) is 0 Å². The molecular formula is C43H68FN7O9. The molecule has 0 radical (unpaired) electrons. The quantitative estimate of drug-likeness (QED) is 0.125. The third-order valence-electron chi connectivity index (χ3n) is 12.8. The Labute approximate surface area is 353 Å². The van der Waals surface area contributed by atoms with Crippen LogP contribution in [0.3, 0.4) is 0 Å². The van der Waals surface area contributed by atoms with Gasteiger partial charge in [-0.15, -0.1) is 5.10 Å². The number of hydrogen-bond acceptors (Lipinski definition) is 14. The molecule has 0 saturated carbocycles. The zero-order valence-electron chi connectivity index (χ0n) is 37.2. The number of aliphatic hydroxyl groups is 1. The number of aromatic nitrogens is 3. The first-order valence-electron chi connectivity index (χ1n) is 21.3. The highest BCUT2D eigenvalue weighted by Crippen LogP contribution is 2.41. The Morgan fingerprint density at radius 3 is 2.45 bits per heavy atom. The molecule has 336 valence electrons. The number of nitrogen functional groups attached to an aromatic ring is 1. The molecule has 0 spiro atoms. The normalized spacial score (nSPS) is 37.3. The zero-order chi connectivity index (χ0) is 44.3. The number of nitrogens with two attached hydrogens (primary N) is 1. The number of hydrogen-bond donors (Lipinski definition) is 3. The first kappa shape index (κ1) is 47.3. The SMILES string of the molecule is CC[C@H]1OC(=O)[C@](C)(F)C(=O)[C@@H](C)[C@@H](O[C@@H]2OC(C)CC(N(C)C)C2O)[C@](C)(OC)C[C@@H](C)CN[C@H](C)[C@H]2N(CCCCn3cc(-c4cccc(N)c4)nn3)C(=O)O[C@]12C. The number of alkyl halides is 1. The van der Waals surface area contributed by atoms with Crippen LogP contribution in [-0.4, -0.2) is 148 Å². The van der Waals surface area contributed by atoms with E-state index in [4.69, 9.17) is 29.4 Å². The number of benzene rings is 1. The molecule has 4 N–H and O–H groups in total. The summed E-state index contributed by atoms with van der Waals surface area (Å²) in [6.45, 7) is 14.8. The van der Waals surface area contributed by atoms with E-state index in [0.29, 0.717) is 56.7 Å². The molecule has 0 aliphatic carbocycles. The van der Waals surface area contributed by atoms with Crippen molar-refractivity contribution in [3.8, 4) is 11.3 Å². The first-order valence-corrected chi connectivity index (χ1v) is 21.3. The molecule has 60 heavy (non-hydrogen) atoms. The number of nitrogens with zero attached hydrogens (tertiary/aromatic N) is 5. The van der Waals surface area contributed by atoms with Gasteiger partial charge in [0.15, 0.2) is 17.7 Å². The molecule has 3 saturated heterocycles. The lowest BCUT2D eigenvalue weighted by molar-refractivity contribution is -0.295. The van der Waals surface area contributed by atoms with Crippen molar-refractivity contribution in [3.63, 3.8) is 0 Å². The van der Waals surface area contributed by atoms with E-state index in [1.165, 1.54) is 14.0 Å². The fraction of sp³-hybridized carbons (Fsp3) is 0.744. The first-order chi connectivity index (χ1) is 28.2. The topological polar surface area (TPSA) is 193 Å². The number of ether oxygens (including phenoxy) is 5. The summed E-state index contributed by atoms with van der Waals surface area (Å²) in [5, 5.41) is 23.6. The number of methoxy groups -OCH3 is 1. The maximum Gasteiger partial charge on any atom is 0.410 e. The van der Waals surface area contributed by atoms with Crippen LogP contribution < -0.4 is 11.1 Å². The maximum absolute atomic E-state index is 17.0. The maximum atomic E-state index is 17.0. The number of ketones is 1. The predicted octanol–water partition coefficient (Wildman–Crippen LogP) is 4.38. The molecule has 13 atom stereocenters. The molecule has 1 aromatic carbocycles. The van der Waals surface area contributed by atoms with E-state index in [2.05, 4.69) is 15.6 Å². The number of aliphatic hydroxyl groups excluding tert-OH is 1. The largest absolute Gasteiger partial charge is 0.455 e. The number of aryl methyl sites for hydroxylation is 1. The van der Waals surface area contributed by atoms with Crippen molar-refractivity contribution in [2.24, 2.45) is 11.8 Å². The van der Waals surface area contributed by atoms with Gasteiger partial charge in [0.25, 0.3) is 5.67 Å². The lowest BCUT2D eigenvalue weighted by Gasteiger charge is -2.47. The van der Waals surface area contributed by atoms with Crippen LogP contribution in [-0.2, 0) is 39.8 Å². The molecule has 3 fully saturated rings. The minimum atomic E-state index is -3.13. The summed E-state index contributed by atoms with van der Waals surface area (Å²) in [4.78, 5) is 45.6. The molecule has 17 heteroatoms. The monoisotopic (exact) mass is 846 g/mol. The van der Waals surface area contributed by atoms with Crippen molar-refractivity contribution in [1.29, 1.82) is 0 Å². The second-order valence-electron chi connectivity index (χ2n) is 18.0. The summed E-state index contributed by atoms with van der Waals surface area (Å²) in [6.07, 6.45) is -1.26. The zero-order valence-corrected chi connectivity index (χ0v) is 37.2. The minimum absolute atomic E-state index is 0.115. The smallest absolute Gasteiger partial charge is 0.410 e. The number of likely N-dealkylation sites (N-methyl/N-ethyl adjacent to an activating group) is 1. The predicted molar refractivity (Wildman–Crippen MR) is 222 cm³/mol. The van der Waals surface area contributed by atoms with E-state index in [9.17, 15) is 19.5 Å². The second kappa shape index (κ2) is 19.1. The van der Waals surface area contributed by atoms with E-state index >= 15 is 4.39 Å². The van der Waals surface area contributed by atoms with Gasteiger partial charge in [-0.3, -0.25) is 14.4 Å². The Hall–Kier alpha value is -3.74. The number of fused-ring (bicyclic) bond motifs is 1. The number of amides is 1. The van der Waals surface area contributed by atoms with E-state index < -0.39 is 77.3 Å². The van der Waals surface area contributed by atoms with Gasteiger partial charge in [-0.05, 0) is 105 Å². The van der Waals surface area contributed by atoms with Gasteiger partial charge in [-0.25, -0.2) is 14.0 Å². The van der Waals surface area contributed by atoms with Gasteiger partial charge < -0.3 is 44.7 Å². The molecular weight excluding hydrogens is 778 g/mol. The molecule has 4 heterocycles. The number of nitrogens with one attached hydrogen (secondary N) is 1. The van der Waals surface area contributed by atoms with Crippen molar-refractivity contribution in [2.75, 3.05) is 40.0 Å². The molecule has 16 nitrogen and oxygen atoms in total. The number of cyclic esters (lactones) is 1. The summed E-state index contributed by atoms with van der Waals surface area (Å²) >= 11 is 0.